The lowest BCUT2D eigenvalue weighted by molar-refractivity contribution is -0.137. The number of nitrogens with zero attached hydrogens (tertiary/aromatic N) is 5. The quantitative estimate of drug-likeness (QED) is 0.253. The first kappa shape index (κ1) is 31.1. The highest BCUT2D eigenvalue weighted by atomic mass is 19.4. The lowest BCUT2D eigenvalue weighted by Gasteiger charge is -2.43. The Morgan fingerprint density at radius 3 is 2.64 bits per heavy atom. The molecule has 2 saturated heterocycles. The SMILES string of the molecule is CCOc1cc(C(=O)Nc2cc(C(F)(F)F)ccn2)ccc1-c1ncn2ccnc(N)c12.FC1(F)CCCN2CCCCC21. The van der Waals surface area contributed by atoms with E-state index in [0.29, 0.717) is 42.0 Å². The van der Waals surface area contributed by atoms with Gasteiger partial charge in [0, 0.05) is 36.1 Å². The van der Waals surface area contributed by atoms with Crippen LogP contribution in [-0.2, 0) is 6.18 Å². The van der Waals surface area contributed by atoms with Gasteiger partial charge in [0.15, 0.2) is 0 Å². The Labute approximate surface area is 250 Å². The third-order valence-corrected chi connectivity index (χ3v) is 7.66. The van der Waals surface area contributed by atoms with E-state index < -0.39 is 29.6 Å². The maximum absolute atomic E-state index is 13.3. The summed E-state index contributed by atoms with van der Waals surface area (Å²) in [6.45, 7) is 3.87. The highest BCUT2D eigenvalue weighted by Gasteiger charge is 2.46. The zero-order valence-corrected chi connectivity index (χ0v) is 24.0. The van der Waals surface area contributed by atoms with Crippen molar-refractivity contribution < 1.29 is 31.5 Å². The summed E-state index contributed by atoms with van der Waals surface area (Å²) in [5.41, 5.74) is 6.95. The number of hydrogen-bond donors (Lipinski definition) is 2. The van der Waals surface area contributed by atoms with Gasteiger partial charge >= 0.3 is 6.18 Å². The molecule has 1 atom stereocenters. The molecule has 9 nitrogen and oxygen atoms in total. The van der Waals surface area contributed by atoms with Gasteiger partial charge in [-0.2, -0.15) is 13.2 Å². The van der Waals surface area contributed by atoms with Crippen molar-refractivity contribution in [1.29, 1.82) is 0 Å². The van der Waals surface area contributed by atoms with Gasteiger partial charge in [0.1, 0.15) is 34.9 Å². The molecular weight excluding hydrogens is 585 g/mol. The van der Waals surface area contributed by atoms with Crippen molar-refractivity contribution in [2.24, 2.45) is 0 Å². The van der Waals surface area contributed by atoms with E-state index in [4.69, 9.17) is 10.5 Å². The molecule has 2 aliphatic rings. The van der Waals surface area contributed by atoms with E-state index in [2.05, 4.69) is 20.3 Å². The number of piperidine rings is 2. The number of rotatable bonds is 5. The summed E-state index contributed by atoms with van der Waals surface area (Å²) < 4.78 is 72.7. The highest BCUT2D eigenvalue weighted by Crippen LogP contribution is 2.38. The van der Waals surface area contributed by atoms with E-state index in [-0.39, 0.29) is 23.6 Å². The average Bonchev–Trinajstić information content (AvgIpc) is 3.43. The summed E-state index contributed by atoms with van der Waals surface area (Å²) in [6, 6.07) is 5.79. The number of carbonyl (C=O) groups excluding carboxylic acids is 1. The number of nitrogen functional groups attached to an aromatic ring is 1. The fourth-order valence-electron chi connectivity index (χ4n) is 5.59. The van der Waals surface area contributed by atoms with E-state index in [9.17, 15) is 26.7 Å². The predicted octanol–water partition coefficient (Wildman–Crippen LogP) is 6.31. The molecule has 1 amide bonds. The summed E-state index contributed by atoms with van der Waals surface area (Å²) in [5, 5.41) is 2.38. The molecule has 234 valence electrons. The largest absolute Gasteiger partial charge is 0.493 e. The zero-order chi connectivity index (χ0) is 31.5. The molecule has 44 heavy (non-hydrogen) atoms. The van der Waals surface area contributed by atoms with Crippen molar-refractivity contribution in [3.8, 4) is 17.0 Å². The number of halogens is 5. The second-order valence-electron chi connectivity index (χ2n) is 10.6. The predicted molar refractivity (Wildman–Crippen MR) is 155 cm³/mol. The molecule has 0 saturated carbocycles. The Morgan fingerprint density at radius 1 is 1.09 bits per heavy atom. The number of alkyl halides is 5. The molecule has 0 radical (unpaired) electrons. The van der Waals surface area contributed by atoms with Crippen LogP contribution in [-0.4, -0.2) is 61.8 Å². The van der Waals surface area contributed by atoms with Crippen molar-refractivity contribution in [1.82, 2.24) is 24.3 Å². The van der Waals surface area contributed by atoms with Crippen LogP contribution in [0.1, 0.15) is 54.9 Å². The van der Waals surface area contributed by atoms with Crippen molar-refractivity contribution in [3.05, 3.63) is 66.4 Å². The first-order valence-corrected chi connectivity index (χ1v) is 14.3. The minimum absolute atomic E-state index is 0.105. The lowest BCUT2D eigenvalue weighted by atomic mass is 9.90. The number of aromatic nitrogens is 4. The van der Waals surface area contributed by atoms with Gasteiger partial charge in [-0.05, 0) is 69.6 Å². The summed E-state index contributed by atoms with van der Waals surface area (Å²) >= 11 is 0. The first-order chi connectivity index (χ1) is 21.0. The van der Waals surface area contributed by atoms with Gasteiger partial charge in [-0.3, -0.25) is 9.69 Å². The van der Waals surface area contributed by atoms with Crippen LogP contribution < -0.4 is 15.8 Å². The Kier molecular flexibility index (Phi) is 9.00. The number of fused-ring (bicyclic) bond motifs is 2. The second-order valence-corrected chi connectivity index (χ2v) is 10.6. The van der Waals surface area contributed by atoms with Crippen LogP contribution in [0, 0.1) is 0 Å². The zero-order valence-electron chi connectivity index (χ0n) is 24.0. The van der Waals surface area contributed by atoms with Crippen LogP contribution in [0.2, 0.25) is 0 Å². The van der Waals surface area contributed by atoms with Crippen molar-refractivity contribution in [2.45, 2.75) is 57.2 Å². The third kappa shape index (κ3) is 6.74. The molecule has 1 unspecified atom stereocenters. The van der Waals surface area contributed by atoms with Crippen LogP contribution in [0.4, 0.5) is 33.6 Å². The summed E-state index contributed by atoms with van der Waals surface area (Å²) in [6.07, 6.45) is 4.83. The number of hydrogen-bond acceptors (Lipinski definition) is 7. The molecule has 0 bridgehead atoms. The van der Waals surface area contributed by atoms with Gasteiger partial charge in [0.05, 0.1) is 18.2 Å². The number of anilines is 2. The number of pyridine rings is 1. The van der Waals surface area contributed by atoms with Gasteiger partial charge in [-0.25, -0.2) is 23.7 Å². The van der Waals surface area contributed by atoms with Gasteiger partial charge in [-0.1, -0.05) is 6.42 Å². The van der Waals surface area contributed by atoms with E-state index in [1.54, 1.807) is 36.1 Å². The van der Waals surface area contributed by atoms with Crippen LogP contribution in [0.3, 0.4) is 0 Å². The van der Waals surface area contributed by atoms with Crippen LogP contribution in [0.25, 0.3) is 16.8 Å². The maximum Gasteiger partial charge on any atom is 0.416 e. The monoisotopic (exact) mass is 617 g/mol. The number of imidazole rings is 1. The number of benzene rings is 1. The van der Waals surface area contributed by atoms with Gasteiger partial charge in [-0.15, -0.1) is 0 Å². The minimum Gasteiger partial charge on any atom is -0.493 e. The number of ether oxygens (including phenoxy) is 1. The molecule has 2 aliphatic heterocycles. The lowest BCUT2D eigenvalue weighted by Crippen LogP contribution is -2.54. The average molecular weight is 618 g/mol. The van der Waals surface area contributed by atoms with Crippen molar-refractivity contribution in [3.63, 3.8) is 0 Å². The Balaban J connectivity index is 0.000000266. The van der Waals surface area contributed by atoms with Crippen molar-refractivity contribution >= 4 is 23.1 Å². The Morgan fingerprint density at radius 2 is 1.89 bits per heavy atom. The fourth-order valence-corrected chi connectivity index (χ4v) is 5.59. The molecule has 0 aliphatic carbocycles. The fraction of sp³-hybridized carbons (Fsp3) is 0.400. The van der Waals surface area contributed by atoms with Gasteiger partial charge in [0.25, 0.3) is 11.8 Å². The molecular formula is C30H32F5N7O2. The number of amides is 1. The Bertz CT molecular complexity index is 1620. The standard InChI is InChI=1S/C21H17F3N6O2.C9H15F2N/c1-2-32-15-9-12(20(31)29-16-10-13(5-6-26-16)21(22,23)24)3-4-14(15)17-18-19(25)27-7-8-30(18)11-28-17;10-9(11)5-3-7-12-6-2-1-4-8(9)12/h3-11H,2H2,1H3,(H2,25,27)(H,26,29,31);8H,1-7H2. The number of nitrogens with one attached hydrogen (secondary N) is 1. The van der Waals surface area contributed by atoms with Crippen LogP contribution in [0.15, 0.2) is 55.2 Å². The number of nitrogens with two attached hydrogens (primary N) is 1. The second kappa shape index (κ2) is 12.7. The molecule has 14 heteroatoms. The molecule has 6 rings (SSSR count). The highest BCUT2D eigenvalue weighted by molar-refractivity contribution is 6.04. The third-order valence-electron chi connectivity index (χ3n) is 7.66. The van der Waals surface area contributed by atoms with E-state index in [1.807, 2.05) is 4.90 Å². The summed E-state index contributed by atoms with van der Waals surface area (Å²) in [4.78, 5) is 26.9. The molecule has 1 aromatic carbocycles. The van der Waals surface area contributed by atoms with E-state index in [0.717, 1.165) is 44.3 Å². The van der Waals surface area contributed by atoms with Gasteiger partial charge in [0.2, 0.25) is 0 Å². The van der Waals surface area contributed by atoms with Crippen LogP contribution >= 0.6 is 0 Å². The smallest absolute Gasteiger partial charge is 0.416 e. The summed E-state index contributed by atoms with van der Waals surface area (Å²) in [7, 11) is 0. The molecule has 0 spiro atoms. The molecule has 3 aromatic heterocycles. The normalized spacial score (nSPS) is 18.2. The first-order valence-electron chi connectivity index (χ1n) is 14.3. The number of carbonyl (C=O) groups is 1. The maximum atomic E-state index is 13.3. The van der Waals surface area contributed by atoms with Crippen LogP contribution in [0.5, 0.6) is 5.75 Å². The topological polar surface area (TPSA) is 111 Å². The summed E-state index contributed by atoms with van der Waals surface area (Å²) in [5.74, 6) is -2.62. The van der Waals surface area contributed by atoms with Crippen molar-refractivity contribution in [2.75, 3.05) is 30.7 Å². The minimum atomic E-state index is -4.55. The molecule has 4 aromatic rings. The molecule has 2 fully saturated rings. The van der Waals surface area contributed by atoms with E-state index in [1.165, 1.54) is 12.1 Å². The van der Waals surface area contributed by atoms with E-state index >= 15 is 0 Å². The molecule has 5 heterocycles. The Hall–Kier alpha value is -4.33. The van der Waals surface area contributed by atoms with Gasteiger partial charge < -0.3 is 20.2 Å². The molecule has 3 N–H and O–H groups in total.